The topological polar surface area (TPSA) is 56.1 Å². The Morgan fingerprint density at radius 3 is 2.74 bits per heavy atom. The second-order valence-corrected chi connectivity index (χ2v) is 4.02. The van der Waals surface area contributed by atoms with Crippen molar-refractivity contribution in [2.45, 2.75) is 26.1 Å². The lowest BCUT2D eigenvalue weighted by Crippen LogP contribution is -2.29. The Morgan fingerprint density at radius 1 is 1.53 bits per heavy atom. The third-order valence-corrected chi connectivity index (χ3v) is 2.41. The molecule has 108 valence electrons. The third kappa shape index (κ3) is 4.90. The van der Waals surface area contributed by atoms with Crippen LogP contribution >= 0.6 is 0 Å². The Kier molecular flexibility index (Phi) is 5.34. The standard InChI is InChI=1S/C11H16F3N3O2/c1-8-6-9(11(12,13)14)16-17(8)7-10(18)15-4-3-5-19-2/h6H,3-5,7H2,1-2H3,(H,15,18). The number of nitrogens with one attached hydrogen (secondary N) is 1. The Labute approximate surface area is 108 Å². The van der Waals surface area contributed by atoms with Gasteiger partial charge in [0.15, 0.2) is 5.69 Å². The fourth-order valence-electron chi connectivity index (χ4n) is 1.44. The minimum absolute atomic E-state index is 0.227. The molecule has 0 aliphatic heterocycles. The van der Waals surface area contributed by atoms with Crippen molar-refractivity contribution in [2.24, 2.45) is 0 Å². The molecule has 0 saturated carbocycles. The summed E-state index contributed by atoms with van der Waals surface area (Å²) in [5.41, 5.74) is -0.698. The molecule has 1 heterocycles. The Bertz CT molecular complexity index is 429. The van der Waals surface area contributed by atoms with Crippen LogP contribution in [-0.2, 0) is 22.3 Å². The van der Waals surface area contributed by atoms with Crippen LogP contribution in [0.1, 0.15) is 17.8 Å². The zero-order valence-corrected chi connectivity index (χ0v) is 10.8. The van der Waals surface area contributed by atoms with Gasteiger partial charge in [-0.3, -0.25) is 9.48 Å². The molecule has 0 saturated heterocycles. The van der Waals surface area contributed by atoms with Crippen LogP contribution in [0.4, 0.5) is 13.2 Å². The first kappa shape index (κ1) is 15.5. The number of carbonyl (C=O) groups is 1. The average Bonchev–Trinajstić information content (AvgIpc) is 2.66. The van der Waals surface area contributed by atoms with E-state index in [0.717, 1.165) is 10.7 Å². The maximum atomic E-state index is 12.4. The molecule has 0 aromatic carbocycles. The van der Waals surface area contributed by atoms with E-state index in [-0.39, 0.29) is 12.5 Å². The van der Waals surface area contributed by atoms with E-state index < -0.39 is 11.9 Å². The van der Waals surface area contributed by atoms with Crippen molar-refractivity contribution in [3.05, 3.63) is 17.5 Å². The van der Waals surface area contributed by atoms with E-state index in [4.69, 9.17) is 4.74 Å². The second kappa shape index (κ2) is 6.55. The maximum absolute atomic E-state index is 12.4. The summed E-state index contributed by atoms with van der Waals surface area (Å²) in [7, 11) is 1.55. The molecular formula is C11H16F3N3O2. The summed E-state index contributed by atoms with van der Waals surface area (Å²) in [5, 5.41) is 5.95. The first-order chi connectivity index (χ1) is 8.84. The van der Waals surface area contributed by atoms with E-state index >= 15 is 0 Å². The second-order valence-electron chi connectivity index (χ2n) is 4.02. The molecule has 0 bridgehead atoms. The number of alkyl halides is 3. The maximum Gasteiger partial charge on any atom is 0.435 e. The number of carbonyl (C=O) groups excluding carboxylic acids is 1. The molecule has 0 fully saturated rings. The number of rotatable bonds is 6. The van der Waals surface area contributed by atoms with Crippen LogP contribution in [0.3, 0.4) is 0 Å². The van der Waals surface area contributed by atoms with E-state index in [0.29, 0.717) is 25.3 Å². The van der Waals surface area contributed by atoms with Crippen LogP contribution in [-0.4, -0.2) is 35.9 Å². The molecule has 0 atom stereocenters. The van der Waals surface area contributed by atoms with Gasteiger partial charge in [-0.1, -0.05) is 0 Å². The summed E-state index contributed by atoms with van der Waals surface area (Å²) < 4.78 is 43.1. The predicted octanol–water partition coefficient (Wildman–Crippen LogP) is 1.36. The largest absolute Gasteiger partial charge is 0.435 e. The lowest BCUT2D eigenvalue weighted by Gasteiger charge is -2.06. The van der Waals surface area contributed by atoms with Crippen LogP contribution in [0.25, 0.3) is 0 Å². The van der Waals surface area contributed by atoms with Crippen molar-refractivity contribution in [3.63, 3.8) is 0 Å². The molecule has 1 aromatic heterocycles. The molecule has 19 heavy (non-hydrogen) atoms. The van der Waals surface area contributed by atoms with Crippen molar-refractivity contribution in [3.8, 4) is 0 Å². The SMILES string of the molecule is COCCCNC(=O)Cn1nc(C(F)(F)F)cc1C. The number of halogens is 3. The lowest BCUT2D eigenvalue weighted by molar-refractivity contribution is -0.141. The number of aryl methyl sites for hydroxylation is 1. The molecule has 0 spiro atoms. The molecule has 8 heteroatoms. The van der Waals surface area contributed by atoms with Gasteiger partial charge in [0.25, 0.3) is 0 Å². The third-order valence-electron chi connectivity index (χ3n) is 2.41. The number of nitrogens with zero attached hydrogens (tertiary/aromatic N) is 2. The van der Waals surface area contributed by atoms with E-state index in [2.05, 4.69) is 10.4 Å². The van der Waals surface area contributed by atoms with Gasteiger partial charge in [0.1, 0.15) is 6.54 Å². The van der Waals surface area contributed by atoms with Crippen LogP contribution < -0.4 is 5.32 Å². The summed E-state index contributed by atoms with van der Waals surface area (Å²) in [6, 6.07) is 0.915. The summed E-state index contributed by atoms with van der Waals surface area (Å²) in [6.45, 7) is 2.17. The van der Waals surface area contributed by atoms with E-state index in [1.807, 2.05) is 0 Å². The van der Waals surface area contributed by atoms with Gasteiger partial charge >= 0.3 is 6.18 Å². The minimum Gasteiger partial charge on any atom is -0.385 e. The van der Waals surface area contributed by atoms with Gasteiger partial charge in [-0.15, -0.1) is 0 Å². The van der Waals surface area contributed by atoms with Crippen molar-refractivity contribution in [1.29, 1.82) is 0 Å². The Hall–Kier alpha value is -1.57. The number of hydrogen-bond donors (Lipinski definition) is 1. The molecule has 5 nitrogen and oxygen atoms in total. The van der Waals surface area contributed by atoms with Crippen LogP contribution in [0.15, 0.2) is 6.07 Å². The highest BCUT2D eigenvalue weighted by Gasteiger charge is 2.34. The molecule has 1 aromatic rings. The molecule has 1 amide bonds. The number of ether oxygens (including phenoxy) is 1. The predicted molar refractivity (Wildman–Crippen MR) is 61.5 cm³/mol. The summed E-state index contributed by atoms with van der Waals surface area (Å²) in [4.78, 5) is 11.5. The van der Waals surface area contributed by atoms with E-state index in [1.165, 1.54) is 6.92 Å². The zero-order valence-electron chi connectivity index (χ0n) is 10.8. The monoisotopic (exact) mass is 279 g/mol. The van der Waals surface area contributed by atoms with E-state index in [9.17, 15) is 18.0 Å². The van der Waals surface area contributed by atoms with Gasteiger partial charge in [0.2, 0.25) is 5.91 Å². The molecule has 0 aliphatic rings. The molecule has 0 radical (unpaired) electrons. The van der Waals surface area contributed by atoms with Gasteiger partial charge in [-0.05, 0) is 19.4 Å². The van der Waals surface area contributed by atoms with E-state index in [1.54, 1.807) is 7.11 Å². The number of amides is 1. The van der Waals surface area contributed by atoms with Crippen molar-refractivity contribution < 1.29 is 22.7 Å². The summed E-state index contributed by atoms with van der Waals surface area (Å²) in [5.74, 6) is -0.379. The summed E-state index contributed by atoms with van der Waals surface area (Å²) >= 11 is 0. The normalized spacial score (nSPS) is 11.6. The highest BCUT2D eigenvalue weighted by Crippen LogP contribution is 2.28. The molecule has 0 unspecified atom stereocenters. The fourth-order valence-corrected chi connectivity index (χ4v) is 1.44. The van der Waals surface area contributed by atoms with Gasteiger partial charge in [0.05, 0.1) is 0 Å². The van der Waals surface area contributed by atoms with Crippen LogP contribution in [0, 0.1) is 6.92 Å². The fraction of sp³-hybridized carbons (Fsp3) is 0.636. The van der Waals surface area contributed by atoms with Crippen molar-refractivity contribution in [1.82, 2.24) is 15.1 Å². The van der Waals surface area contributed by atoms with Gasteiger partial charge in [-0.25, -0.2) is 0 Å². The molecule has 1 rings (SSSR count). The first-order valence-electron chi connectivity index (χ1n) is 5.72. The van der Waals surface area contributed by atoms with Crippen molar-refractivity contribution in [2.75, 3.05) is 20.3 Å². The van der Waals surface area contributed by atoms with Gasteiger partial charge in [0, 0.05) is 26.0 Å². The number of aromatic nitrogens is 2. The molecule has 0 aliphatic carbocycles. The van der Waals surface area contributed by atoms with Crippen LogP contribution in [0.2, 0.25) is 0 Å². The number of hydrogen-bond acceptors (Lipinski definition) is 3. The lowest BCUT2D eigenvalue weighted by atomic mass is 10.3. The highest BCUT2D eigenvalue weighted by molar-refractivity contribution is 5.75. The highest BCUT2D eigenvalue weighted by atomic mass is 19.4. The smallest absolute Gasteiger partial charge is 0.385 e. The first-order valence-corrected chi connectivity index (χ1v) is 5.72. The van der Waals surface area contributed by atoms with Gasteiger partial charge in [-0.2, -0.15) is 18.3 Å². The van der Waals surface area contributed by atoms with Crippen molar-refractivity contribution >= 4 is 5.91 Å². The zero-order chi connectivity index (χ0) is 14.5. The molecular weight excluding hydrogens is 263 g/mol. The minimum atomic E-state index is -4.50. The summed E-state index contributed by atoms with van der Waals surface area (Å²) in [6.07, 6.45) is -3.85. The molecule has 1 N–H and O–H groups in total. The Balaban J connectivity index is 2.53. The van der Waals surface area contributed by atoms with Crippen LogP contribution in [0.5, 0.6) is 0 Å². The quantitative estimate of drug-likeness (QED) is 0.800. The number of methoxy groups -OCH3 is 1. The van der Waals surface area contributed by atoms with Gasteiger partial charge < -0.3 is 10.1 Å². The Morgan fingerprint density at radius 2 is 2.21 bits per heavy atom. The average molecular weight is 279 g/mol.